The molecule has 0 saturated carbocycles. The SMILES string of the molecule is CC(=O)CC(C)=NC[C@@H](C)O. The standard InChI is InChI=1S/C8H15NO2/c1-6(4-7(2)10)9-5-8(3)11/h8,11H,4-5H2,1-3H3/t8-/m1/s1. The van der Waals surface area contributed by atoms with Crippen molar-refractivity contribution in [2.24, 2.45) is 4.99 Å². The predicted molar refractivity (Wildman–Crippen MR) is 45.0 cm³/mol. The molecule has 0 unspecified atom stereocenters. The Morgan fingerprint density at radius 3 is 2.45 bits per heavy atom. The summed E-state index contributed by atoms with van der Waals surface area (Å²) in [6.07, 6.45) is -0.0240. The van der Waals surface area contributed by atoms with E-state index in [0.717, 1.165) is 5.71 Å². The minimum atomic E-state index is -0.420. The van der Waals surface area contributed by atoms with Crippen molar-refractivity contribution in [3.05, 3.63) is 0 Å². The number of rotatable bonds is 4. The topological polar surface area (TPSA) is 49.7 Å². The Labute approximate surface area is 67.1 Å². The Bertz CT molecular complexity index is 161. The van der Waals surface area contributed by atoms with Gasteiger partial charge in [-0.25, -0.2) is 0 Å². The Hall–Kier alpha value is -0.700. The van der Waals surface area contributed by atoms with Gasteiger partial charge < -0.3 is 5.11 Å². The molecule has 0 aliphatic heterocycles. The van der Waals surface area contributed by atoms with Crippen LogP contribution in [0.3, 0.4) is 0 Å². The van der Waals surface area contributed by atoms with Crippen LogP contribution in [0.25, 0.3) is 0 Å². The van der Waals surface area contributed by atoms with E-state index < -0.39 is 6.10 Å². The first-order chi connectivity index (χ1) is 5.02. The third kappa shape index (κ3) is 7.19. The molecular weight excluding hydrogens is 142 g/mol. The number of hydrogen-bond donors (Lipinski definition) is 1. The van der Waals surface area contributed by atoms with Crippen molar-refractivity contribution >= 4 is 11.5 Å². The van der Waals surface area contributed by atoms with Crippen LogP contribution in [-0.4, -0.2) is 29.3 Å². The zero-order valence-electron chi connectivity index (χ0n) is 7.29. The molecule has 1 N–H and O–H groups in total. The number of carbonyl (C=O) groups is 1. The lowest BCUT2D eigenvalue weighted by Gasteiger charge is -1.99. The van der Waals surface area contributed by atoms with E-state index in [1.807, 2.05) is 0 Å². The minimum absolute atomic E-state index is 0.108. The highest BCUT2D eigenvalue weighted by Crippen LogP contribution is 1.90. The molecule has 0 aliphatic carbocycles. The molecule has 0 fully saturated rings. The highest BCUT2D eigenvalue weighted by atomic mass is 16.3. The Morgan fingerprint density at radius 1 is 1.55 bits per heavy atom. The quantitative estimate of drug-likeness (QED) is 0.614. The number of Topliss-reactive ketones (excluding diaryl/α,β-unsaturated/α-hetero) is 1. The molecule has 1 atom stereocenters. The fraction of sp³-hybridized carbons (Fsp3) is 0.750. The van der Waals surface area contributed by atoms with E-state index in [-0.39, 0.29) is 5.78 Å². The van der Waals surface area contributed by atoms with Crippen LogP contribution < -0.4 is 0 Å². The molecule has 0 saturated heterocycles. The maximum Gasteiger partial charge on any atom is 0.135 e. The highest BCUT2D eigenvalue weighted by Gasteiger charge is 1.97. The van der Waals surface area contributed by atoms with Gasteiger partial charge in [-0.2, -0.15) is 0 Å². The molecule has 0 aromatic heterocycles. The second-order valence-corrected chi connectivity index (χ2v) is 2.80. The molecule has 3 heteroatoms. The maximum atomic E-state index is 10.6. The summed E-state index contributed by atoms with van der Waals surface area (Å²) in [5, 5.41) is 8.84. The van der Waals surface area contributed by atoms with Gasteiger partial charge in [0.15, 0.2) is 0 Å². The summed E-state index contributed by atoms with van der Waals surface area (Å²) in [6, 6.07) is 0. The largest absolute Gasteiger partial charge is 0.391 e. The zero-order valence-corrected chi connectivity index (χ0v) is 7.29. The summed E-state index contributed by atoms with van der Waals surface area (Å²) in [5.41, 5.74) is 0.790. The molecule has 0 spiro atoms. The zero-order chi connectivity index (χ0) is 8.85. The molecule has 0 radical (unpaired) electrons. The van der Waals surface area contributed by atoms with Gasteiger partial charge in [-0.3, -0.25) is 9.79 Å². The van der Waals surface area contributed by atoms with Crippen LogP contribution in [0, 0.1) is 0 Å². The number of ketones is 1. The summed E-state index contributed by atoms with van der Waals surface area (Å²) in [4.78, 5) is 14.6. The third-order valence-electron chi connectivity index (χ3n) is 1.13. The normalized spacial score (nSPS) is 14.7. The maximum absolute atomic E-state index is 10.6. The summed E-state index contributed by atoms with van der Waals surface area (Å²) < 4.78 is 0. The molecule has 0 aliphatic rings. The first kappa shape index (κ1) is 10.3. The average molecular weight is 157 g/mol. The van der Waals surface area contributed by atoms with Crippen LogP contribution in [0.1, 0.15) is 27.2 Å². The van der Waals surface area contributed by atoms with Crippen LogP contribution in [0.5, 0.6) is 0 Å². The van der Waals surface area contributed by atoms with Gasteiger partial charge in [-0.15, -0.1) is 0 Å². The summed E-state index contributed by atoms with van der Waals surface area (Å²) in [5.74, 6) is 0.108. The second kappa shape index (κ2) is 5.02. The molecule has 0 amide bonds. The second-order valence-electron chi connectivity index (χ2n) is 2.80. The van der Waals surface area contributed by atoms with Crippen LogP contribution in [0.15, 0.2) is 4.99 Å². The Kier molecular flexibility index (Phi) is 4.70. The number of hydrogen-bond acceptors (Lipinski definition) is 3. The smallest absolute Gasteiger partial charge is 0.135 e. The molecule has 0 heterocycles. The highest BCUT2D eigenvalue weighted by molar-refractivity contribution is 5.99. The van der Waals surface area contributed by atoms with Crippen molar-refractivity contribution in [3.63, 3.8) is 0 Å². The van der Waals surface area contributed by atoms with Crippen LogP contribution in [-0.2, 0) is 4.79 Å². The van der Waals surface area contributed by atoms with Crippen molar-refractivity contribution in [2.45, 2.75) is 33.3 Å². The monoisotopic (exact) mass is 157 g/mol. The molecule has 0 aromatic rings. The molecule has 64 valence electrons. The van der Waals surface area contributed by atoms with Gasteiger partial charge in [0.25, 0.3) is 0 Å². The predicted octanol–water partition coefficient (Wildman–Crippen LogP) is 0.807. The average Bonchev–Trinajstić information content (AvgIpc) is 1.82. The first-order valence-corrected chi connectivity index (χ1v) is 3.69. The lowest BCUT2D eigenvalue weighted by atomic mass is 10.2. The van der Waals surface area contributed by atoms with Crippen molar-refractivity contribution in [1.29, 1.82) is 0 Å². The van der Waals surface area contributed by atoms with Gasteiger partial charge >= 0.3 is 0 Å². The summed E-state index contributed by atoms with van der Waals surface area (Å²) in [6.45, 7) is 5.38. The first-order valence-electron chi connectivity index (χ1n) is 3.69. The van der Waals surface area contributed by atoms with Gasteiger partial charge in [-0.05, 0) is 20.8 Å². The van der Waals surface area contributed by atoms with Gasteiger partial charge in [-0.1, -0.05) is 0 Å². The Morgan fingerprint density at radius 2 is 2.09 bits per heavy atom. The number of carbonyl (C=O) groups excluding carboxylic acids is 1. The van der Waals surface area contributed by atoms with Gasteiger partial charge in [0.2, 0.25) is 0 Å². The van der Waals surface area contributed by atoms with E-state index in [4.69, 9.17) is 5.11 Å². The number of aliphatic imine (C=N–C) groups is 1. The van der Waals surface area contributed by atoms with E-state index >= 15 is 0 Å². The van der Waals surface area contributed by atoms with Crippen molar-refractivity contribution in [1.82, 2.24) is 0 Å². The van der Waals surface area contributed by atoms with E-state index in [2.05, 4.69) is 4.99 Å². The van der Waals surface area contributed by atoms with Crippen LogP contribution >= 0.6 is 0 Å². The van der Waals surface area contributed by atoms with Crippen LogP contribution in [0.4, 0.5) is 0 Å². The summed E-state index contributed by atoms with van der Waals surface area (Å²) in [7, 11) is 0. The molecule has 0 rings (SSSR count). The van der Waals surface area contributed by atoms with E-state index in [1.165, 1.54) is 6.92 Å². The van der Waals surface area contributed by atoms with Crippen molar-refractivity contribution < 1.29 is 9.90 Å². The molecule has 0 bridgehead atoms. The lowest BCUT2D eigenvalue weighted by molar-refractivity contribution is -0.115. The van der Waals surface area contributed by atoms with Crippen molar-refractivity contribution in [3.8, 4) is 0 Å². The van der Waals surface area contributed by atoms with Crippen LogP contribution in [0.2, 0.25) is 0 Å². The number of aliphatic hydroxyl groups excluding tert-OH is 1. The van der Waals surface area contributed by atoms with Gasteiger partial charge in [0.05, 0.1) is 12.6 Å². The third-order valence-corrected chi connectivity index (χ3v) is 1.13. The molecule has 0 aromatic carbocycles. The molecule has 3 nitrogen and oxygen atoms in total. The lowest BCUT2D eigenvalue weighted by Crippen LogP contribution is -2.08. The Balaban J connectivity index is 3.72. The van der Waals surface area contributed by atoms with Gasteiger partial charge in [0.1, 0.15) is 5.78 Å². The molecular formula is C8H15NO2. The van der Waals surface area contributed by atoms with Gasteiger partial charge in [0, 0.05) is 12.1 Å². The van der Waals surface area contributed by atoms with Crippen molar-refractivity contribution in [2.75, 3.05) is 6.54 Å². The van der Waals surface area contributed by atoms with E-state index in [9.17, 15) is 4.79 Å². The minimum Gasteiger partial charge on any atom is -0.391 e. The fourth-order valence-corrected chi connectivity index (χ4v) is 0.704. The van der Waals surface area contributed by atoms with E-state index in [0.29, 0.717) is 13.0 Å². The number of nitrogens with zero attached hydrogens (tertiary/aromatic N) is 1. The molecule has 11 heavy (non-hydrogen) atoms. The summed E-state index contributed by atoms with van der Waals surface area (Å²) >= 11 is 0. The van der Waals surface area contributed by atoms with E-state index in [1.54, 1.807) is 13.8 Å². The number of aliphatic hydroxyl groups is 1. The fourth-order valence-electron chi connectivity index (χ4n) is 0.704.